The van der Waals surface area contributed by atoms with Crippen molar-refractivity contribution in [2.75, 3.05) is 13.2 Å². The Labute approximate surface area is 132 Å². The highest BCUT2D eigenvalue weighted by molar-refractivity contribution is 5.29. The molecule has 0 unspecified atom stereocenters. The fourth-order valence-corrected chi connectivity index (χ4v) is 3.26. The molecule has 0 radical (unpaired) electrons. The van der Waals surface area contributed by atoms with Crippen molar-refractivity contribution < 1.29 is 4.74 Å². The van der Waals surface area contributed by atoms with Crippen molar-refractivity contribution in [1.29, 1.82) is 0 Å². The van der Waals surface area contributed by atoms with Crippen LogP contribution in [0.2, 0.25) is 0 Å². The van der Waals surface area contributed by atoms with Crippen LogP contribution in [-0.2, 0) is 13.1 Å². The smallest absolute Gasteiger partial charge is 0.148 e. The minimum atomic E-state index is 0.318. The van der Waals surface area contributed by atoms with Crippen molar-refractivity contribution in [3.05, 3.63) is 53.9 Å². The minimum Gasteiger partial charge on any atom is -0.481 e. The van der Waals surface area contributed by atoms with Crippen LogP contribution in [0.3, 0.4) is 0 Å². The van der Waals surface area contributed by atoms with Gasteiger partial charge in [0.05, 0.1) is 6.04 Å². The third-order valence-corrected chi connectivity index (χ3v) is 4.27. The summed E-state index contributed by atoms with van der Waals surface area (Å²) in [5.74, 6) is 3.36. The van der Waals surface area contributed by atoms with Crippen molar-refractivity contribution in [2.45, 2.75) is 32.5 Å². The number of rotatable bonds is 5. The van der Waals surface area contributed by atoms with E-state index in [2.05, 4.69) is 52.8 Å². The first-order valence-corrected chi connectivity index (χ1v) is 7.86. The molecule has 1 atom stereocenters. The second-order valence-corrected chi connectivity index (χ2v) is 5.66. The zero-order valence-electron chi connectivity index (χ0n) is 13.0. The topological polar surface area (TPSA) is 17.4 Å². The Morgan fingerprint density at radius 3 is 3.00 bits per heavy atom. The largest absolute Gasteiger partial charge is 0.481 e. The molecule has 1 aromatic heterocycles. The first-order valence-electron chi connectivity index (χ1n) is 7.86. The monoisotopic (exact) mass is 294 g/mol. The molecule has 22 heavy (non-hydrogen) atoms. The predicted molar refractivity (Wildman–Crippen MR) is 88.6 cm³/mol. The first-order chi connectivity index (χ1) is 10.8. The quantitative estimate of drug-likeness (QED) is 0.786. The van der Waals surface area contributed by atoms with E-state index in [9.17, 15) is 0 Å². The van der Waals surface area contributed by atoms with Crippen molar-refractivity contribution >= 4 is 0 Å². The number of terminal acetylenes is 1. The average Bonchev–Trinajstić information content (AvgIpc) is 3.02. The van der Waals surface area contributed by atoms with Crippen LogP contribution in [0.15, 0.2) is 42.6 Å². The molecule has 1 aliphatic heterocycles. The Hall–Kier alpha value is -2.18. The highest BCUT2D eigenvalue weighted by Gasteiger charge is 2.25. The third-order valence-electron chi connectivity index (χ3n) is 4.27. The van der Waals surface area contributed by atoms with Crippen LogP contribution in [0.1, 0.15) is 30.6 Å². The number of benzene rings is 1. The zero-order chi connectivity index (χ0) is 15.4. The van der Waals surface area contributed by atoms with Crippen molar-refractivity contribution in [2.24, 2.45) is 0 Å². The number of hydrogen-bond donors (Lipinski definition) is 0. The summed E-state index contributed by atoms with van der Waals surface area (Å²) in [6.45, 7) is 5.66. The summed E-state index contributed by atoms with van der Waals surface area (Å²) in [5.41, 5.74) is 2.70. The highest BCUT2D eigenvalue weighted by atomic mass is 16.5. The summed E-state index contributed by atoms with van der Waals surface area (Å²) in [7, 11) is 0. The van der Waals surface area contributed by atoms with E-state index in [1.807, 2.05) is 12.1 Å². The van der Waals surface area contributed by atoms with Crippen molar-refractivity contribution in [3.63, 3.8) is 0 Å². The van der Waals surface area contributed by atoms with Crippen LogP contribution in [0.4, 0.5) is 0 Å². The fourth-order valence-electron chi connectivity index (χ4n) is 3.26. The van der Waals surface area contributed by atoms with Crippen LogP contribution < -0.4 is 4.74 Å². The van der Waals surface area contributed by atoms with Gasteiger partial charge < -0.3 is 9.30 Å². The van der Waals surface area contributed by atoms with Gasteiger partial charge >= 0.3 is 0 Å². The SMILES string of the molecule is C#CCOc1cccc(CN2CCn3cccc3[C@@H]2CC)c1. The Bertz CT molecular complexity index is 668. The standard InChI is InChI=1S/C19H22N2O/c1-3-13-22-17-8-5-7-16(14-17)15-21-12-11-20-10-6-9-19(20)18(21)4-2/h1,5-10,14,18H,4,11-13,15H2,2H3/t18-/m0/s1. The molecule has 3 heteroatoms. The summed E-state index contributed by atoms with van der Waals surface area (Å²) in [6.07, 6.45) is 8.56. The molecule has 1 aliphatic rings. The Morgan fingerprint density at radius 1 is 1.27 bits per heavy atom. The molecule has 0 bridgehead atoms. The molecule has 0 fully saturated rings. The minimum absolute atomic E-state index is 0.318. The van der Waals surface area contributed by atoms with E-state index in [1.54, 1.807) is 0 Å². The van der Waals surface area contributed by atoms with E-state index in [0.29, 0.717) is 12.6 Å². The molecule has 0 saturated heterocycles. The van der Waals surface area contributed by atoms with Gasteiger partial charge in [0.1, 0.15) is 12.4 Å². The lowest BCUT2D eigenvalue weighted by Crippen LogP contribution is -2.37. The van der Waals surface area contributed by atoms with Gasteiger partial charge in [-0.2, -0.15) is 0 Å². The van der Waals surface area contributed by atoms with Crippen molar-refractivity contribution in [1.82, 2.24) is 9.47 Å². The average molecular weight is 294 g/mol. The maximum Gasteiger partial charge on any atom is 0.148 e. The summed E-state index contributed by atoms with van der Waals surface area (Å²) in [4.78, 5) is 2.55. The number of ether oxygens (including phenoxy) is 1. The summed E-state index contributed by atoms with van der Waals surface area (Å²) < 4.78 is 7.90. The molecule has 0 saturated carbocycles. The number of hydrogen-bond acceptors (Lipinski definition) is 2. The Kier molecular flexibility index (Phi) is 4.50. The van der Waals surface area contributed by atoms with E-state index < -0.39 is 0 Å². The second-order valence-electron chi connectivity index (χ2n) is 5.66. The van der Waals surface area contributed by atoms with Gasteiger partial charge in [-0.15, -0.1) is 6.42 Å². The third kappa shape index (κ3) is 3.03. The van der Waals surface area contributed by atoms with Gasteiger partial charge in [-0.3, -0.25) is 4.90 Å². The number of fused-ring (bicyclic) bond motifs is 1. The highest BCUT2D eigenvalue weighted by Crippen LogP contribution is 2.30. The maximum absolute atomic E-state index is 5.52. The summed E-state index contributed by atoms with van der Waals surface area (Å²) >= 11 is 0. The van der Waals surface area contributed by atoms with Gasteiger partial charge in [-0.25, -0.2) is 0 Å². The molecule has 0 spiro atoms. The maximum atomic E-state index is 5.52. The molecule has 114 valence electrons. The van der Waals surface area contributed by atoms with Gasteiger partial charge in [0.15, 0.2) is 0 Å². The molecular weight excluding hydrogens is 272 g/mol. The van der Waals surface area contributed by atoms with Crippen LogP contribution in [-0.4, -0.2) is 22.6 Å². The molecule has 2 heterocycles. The molecule has 0 N–H and O–H groups in total. The van der Waals surface area contributed by atoms with E-state index in [-0.39, 0.29) is 0 Å². The van der Waals surface area contributed by atoms with Gasteiger partial charge in [0.25, 0.3) is 0 Å². The lowest BCUT2D eigenvalue weighted by molar-refractivity contribution is 0.144. The van der Waals surface area contributed by atoms with Crippen LogP contribution >= 0.6 is 0 Å². The molecule has 1 aromatic carbocycles. The van der Waals surface area contributed by atoms with Gasteiger partial charge in [0.2, 0.25) is 0 Å². The lowest BCUT2D eigenvalue weighted by atomic mass is 10.1. The van der Waals surface area contributed by atoms with Crippen LogP contribution in [0.25, 0.3) is 0 Å². The predicted octanol–water partition coefficient (Wildman–Crippen LogP) is 3.47. The van der Waals surface area contributed by atoms with Crippen molar-refractivity contribution in [3.8, 4) is 18.1 Å². The van der Waals surface area contributed by atoms with Crippen LogP contribution in [0.5, 0.6) is 5.75 Å². The fraction of sp³-hybridized carbons (Fsp3) is 0.368. The van der Waals surface area contributed by atoms with Gasteiger partial charge in [-0.05, 0) is 36.2 Å². The van der Waals surface area contributed by atoms with Gasteiger partial charge in [-0.1, -0.05) is 25.0 Å². The lowest BCUT2D eigenvalue weighted by Gasteiger charge is -2.36. The molecular formula is C19H22N2O. The van der Waals surface area contributed by atoms with E-state index in [1.165, 1.54) is 11.3 Å². The molecule has 3 nitrogen and oxygen atoms in total. The molecule has 2 aromatic rings. The molecule has 0 aliphatic carbocycles. The van der Waals surface area contributed by atoms with E-state index in [4.69, 9.17) is 11.2 Å². The number of nitrogens with zero attached hydrogens (tertiary/aromatic N) is 2. The summed E-state index contributed by atoms with van der Waals surface area (Å²) in [6, 6.07) is 13.1. The zero-order valence-corrected chi connectivity index (χ0v) is 13.0. The van der Waals surface area contributed by atoms with E-state index in [0.717, 1.165) is 31.8 Å². The van der Waals surface area contributed by atoms with E-state index >= 15 is 0 Å². The number of aromatic nitrogens is 1. The van der Waals surface area contributed by atoms with Gasteiger partial charge in [0, 0.05) is 31.5 Å². The summed E-state index contributed by atoms with van der Waals surface area (Å²) in [5, 5.41) is 0. The normalized spacial score (nSPS) is 17.7. The first kappa shape index (κ1) is 14.7. The molecule has 3 rings (SSSR count). The Morgan fingerprint density at radius 2 is 2.18 bits per heavy atom. The second kappa shape index (κ2) is 6.72. The van der Waals surface area contributed by atoms with Crippen LogP contribution in [0, 0.1) is 12.3 Å². The molecule has 0 amide bonds. The Balaban J connectivity index is 1.74.